The molecule has 0 aliphatic rings. The largest absolute Gasteiger partial charge is 0.480 e. The van der Waals surface area contributed by atoms with E-state index in [0.717, 1.165) is 18.3 Å². The van der Waals surface area contributed by atoms with Crippen LogP contribution in [0.15, 0.2) is 18.3 Å². The highest BCUT2D eigenvalue weighted by Gasteiger charge is 2.33. The summed E-state index contributed by atoms with van der Waals surface area (Å²) in [6, 6.07) is -0.886. The van der Waals surface area contributed by atoms with E-state index in [4.69, 9.17) is 6.11 Å². The number of hydrogen-bond donors (Lipinski definition) is 3. The van der Waals surface area contributed by atoms with Crippen LogP contribution in [0.5, 0.6) is 0 Å². The summed E-state index contributed by atoms with van der Waals surface area (Å²) in [5.74, 6) is -2.24. The van der Waals surface area contributed by atoms with Crippen LogP contribution in [-0.4, -0.2) is 45.7 Å². The number of rotatable bonds is 7. The van der Waals surface area contributed by atoms with Crippen LogP contribution in [0.1, 0.15) is 60.6 Å². The zero-order valence-electron chi connectivity index (χ0n) is 19.7. The minimum atomic E-state index is -4.63. The smallest absolute Gasteiger partial charge is 0.433 e. The van der Waals surface area contributed by atoms with Crippen LogP contribution < -0.4 is 10.6 Å². The predicted molar refractivity (Wildman–Crippen MR) is 110 cm³/mol. The van der Waals surface area contributed by atoms with Crippen LogP contribution in [0.3, 0.4) is 0 Å². The molecule has 3 N–H and O–H groups in total. The first-order chi connectivity index (χ1) is 14.9. The number of carbonyl (C=O) groups is 3. The van der Waals surface area contributed by atoms with Gasteiger partial charge in [0.25, 0.3) is 0 Å². The topological polar surface area (TPSA) is 118 Å². The van der Waals surface area contributed by atoms with Gasteiger partial charge in [-0.3, -0.25) is 9.78 Å². The summed E-state index contributed by atoms with van der Waals surface area (Å²) in [6.45, 7) is 8.25. The monoisotopic (exact) mass is 462 g/mol. The van der Waals surface area contributed by atoms with Gasteiger partial charge >= 0.3 is 18.2 Å². The standard InChI is InChI=1S/C21H30F3N3O5/c1-19(2,3)10-14(27-18(31)32-20(4,5)6)16(28)26-13(17(29)30)9-12-7-8-15(25-11-12)21(22,23)24/h7-8,11,13-14H,9-10H2,1-6H3,(H,26,28)(H,27,31)(H,29,30)/t13-,14-/m0/s1/i1D. The number of carboxylic acids is 1. The van der Waals surface area contributed by atoms with E-state index in [1.165, 1.54) is 0 Å². The molecule has 11 heteroatoms. The molecule has 0 aromatic carbocycles. The number of halogens is 3. The van der Waals surface area contributed by atoms with E-state index < -0.39 is 52.9 Å². The number of amides is 2. The molecule has 1 aromatic heterocycles. The Morgan fingerprint density at radius 3 is 2.19 bits per heavy atom. The van der Waals surface area contributed by atoms with Gasteiger partial charge in [-0.05, 0) is 44.2 Å². The lowest BCUT2D eigenvalue weighted by Crippen LogP contribution is -2.53. The number of hydrogen-bond acceptors (Lipinski definition) is 5. The molecule has 180 valence electrons. The maximum Gasteiger partial charge on any atom is 0.433 e. The number of alkyl halides is 3. The Labute approximate surface area is 186 Å². The molecule has 0 unspecified atom stereocenters. The van der Waals surface area contributed by atoms with Crippen molar-refractivity contribution in [1.29, 1.82) is 0 Å². The summed E-state index contributed by atoms with van der Waals surface area (Å²) >= 11 is 0. The van der Waals surface area contributed by atoms with Gasteiger partial charge in [-0.25, -0.2) is 9.59 Å². The second kappa shape index (κ2) is 10.2. The number of aromatic nitrogens is 1. The van der Waals surface area contributed by atoms with E-state index >= 15 is 0 Å². The Bertz CT molecular complexity index is 839. The molecule has 1 aromatic rings. The Balaban J connectivity index is 3.01. The molecule has 0 saturated heterocycles. The molecule has 2 amide bonds. The van der Waals surface area contributed by atoms with E-state index in [1.807, 2.05) is 0 Å². The van der Waals surface area contributed by atoms with Crippen molar-refractivity contribution in [3.63, 3.8) is 0 Å². The van der Waals surface area contributed by atoms with Crippen molar-refractivity contribution >= 4 is 18.0 Å². The fraction of sp³-hybridized carbons (Fsp3) is 0.619. The molecule has 2 atom stereocenters. The van der Waals surface area contributed by atoms with Gasteiger partial charge in [0.15, 0.2) is 0 Å². The fourth-order valence-electron chi connectivity index (χ4n) is 2.63. The second-order valence-corrected chi connectivity index (χ2v) is 9.22. The number of carboxylic acid groups (broad SMARTS) is 1. The van der Waals surface area contributed by atoms with Crippen LogP contribution in [0.2, 0.25) is 0 Å². The molecular weight excluding hydrogens is 431 g/mol. The fourth-order valence-corrected chi connectivity index (χ4v) is 2.63. The average Bonchev–Trinajstić information content (AvgIpc) is 2.64. The van der Waals surface area contributed by atoms with Crippen LogP contribution >= 0.6 is 0 Å². The summed E-state index contributed by atoms with van der Waals surface area (Å²) in [5, 5.41) is 14.2. The number of nitrogens with one attached hydrogen (secondary N) is 2. The van der Waals surface area contributed by atoms with E-state index in [2.05, 4.69) is 15.6 Å². The number of alkyl carbamates (subject to hydrolysis) is 1. The van der Waals surface area contributed by atoms with E-state index in [0.29, 0.717) is 0 Å². The molecule has 0 bridgehead atoms. The molecular formula is C21H30F3N3O5. The van der Waals surface area contributed by atoms with Crippen molar-refractivity contribution in [3.05, 3.63) is 29.6 Å². The summed E-state index contributed by atoms with van der Waals surface area (Å²) in [5.41, 5.74) is -2.48. The molecule has 0 saturated carbocycles. The summed E-state index contributed by atoms with van der Waals surface area (Å²) in [6.07, 6.45) is -4.93. The maximum atomic E-state index is 12.9. The van der Waals surface area contributed by atoms with E-state index in [9.17, 15) is 32.7 Å². The molecule has 0 radical (unpaired) electrons. The Morgan fingerprint density at radius 1 is 1.12 bits per heavy atom. The minimum absolute atomic E-state index is 0.0236. The van der Waals surface area contributed by atoms with Gasteiger partial charge in [-0.1, -0.05) is 26.8 Å². The third-order valence-electron chi connectivity index (χ3n) is 3.93. The quantitative estimate of drug-likeness (QED) is 0.571. The Hall–Kier alpha value is -2.85. The van der Waals surface area contributed by atoms with Crippen molar-refractivity contribution in [2.75, 3.05) is 0 Å². The van der Waals surface area contributed by atoms with Crippen molar-refractivity contribution in [3.8, 4) is 0 Å². The first kappa shape index (κ1) is 25.4. The Morgan fingerprint density at radius 2 is 1.75 bits per heavy atom. The van der Waals surface area contributed by atoms with Crippen LogP contribution in [0.4, 0.5) is 18.0 Å². The van der Waals surface area contributed by atoms with Gasteiger partial charge in [-0.2, -0.15) is 13.2 Å². The van der Waals surface area contributed by atoms with Crippen molar-refractivity contribution in [2.45, 2.75) is 78.2 Å². The van der Waals surface area contributed by atoms with Crippen molar-refractivity contribution in [1.82, 2.24) is 15.6 Å². The number of pyridine rings is 1. The first-order valence-corrected chi connectivity index (χ1v) is 9.77. The summed E-state index contributed by atoms with van der Waals surface area (Å²) < 4.78 is 50.8. The second-order valence-electron chi connectivity index (χ2n) is 9.22. The molecule has 0 fully saturated rings. The molecule has 1 rings (SSSR count). The van der Waals surface area contributed by atoms with Gasteiger partial charge in [0.1, 0.15) is 23.4 Å². The lowest BCUT2D eigenvalue weighted by atomic mass is 9.87. The number of nitrogens with zero attached hydrogens (tertiary/aromatic N) is 1. The minimum Gasteiger partial charge on any atom is -0.480 e. The Kier molecular flexibility index (Phi) is 8.08. The normalized spacial score (nSPS) is 14.7. The zero-order chi connectivity index (χ0) is 25.6. The number of ether oxygens (including phenoxy) is 1. The van der Waals surface area contributed by atoms with Crippen molar-refractivity contribution in [2.24, 2.45) is 5.41 Å². The highest BCUT2D eigenvalue weighted by atomic mass is 19.4. The van der Waals surface area contributed by atoms with Crippen LogP contribution in [0, 0.1) is 5.41 Å². The zero-order valence-corrected chi connectivity index (χ0v) is 18.7. The summed E-state index contributed by atoms with van der Waals surface area (Å²) in [4.78, 5) is 40.0. The van der Waals surface area contributed by atoms with E-state index in [-0.39, 0.29) is 25.3 Å². The third kappa shape index (κ3) is 9.97. The van der Waals surface area contributed by atoms with Gasteiger partial charge in [0.2, 0.25) is 5.91 Å². The predicted octanol–water partition coefficient (Wildman–Crippen LogP) is 3.54. The average molecular weight is 462 g/mol. The van der Waals surface area contributed by atoms with Gasteiger partial charge in [0, 0.05) is 14.0 Å². The number of aliphatic carboxylic acids is 1. The third-order valence-corrected chi connectivity index (χ3v) is 3.93. The highest BCUT2D eigenvalue weighted by Crippen LogP contribution is 2.27. The highest BCUT2D eigenvalue weighted by molar-refractivity contribution is 5.89. The van der Waals surface area contributed by atoms with E-state index in [1.54, 1.807) is 34.6 Å². The van der Waals surface area contributed by atoms with Gasteiger partial charge < -0.3 is 20.5 Å². The molecule has 0 aliphatic heterocycles. The lowest BCUT2D eigenvalue weighted by Gasteiger charge is -2.28. The summed E-state index contributed by atoms with van der Waals surface area (Å²) in [7, 11) is 0. The van der Waals surface area contributed by atoms with Gasteiger partial charge in [0.05, 0.1) is 0 Å². The molecule has 0 aliphatic carbocycles. The molecule has 0 spiro atoms. The van der Waals surface area contributed by atoms with Crippen molar-refractivity contribution < 1.29 is 38.8 Å². The molecule has 8 nitrogen and oxygen atoms in total. The maximum absolute atomic E-state index is 12.9. The lowest BCUT2D eigenvalue weighted by molar-refractivity contribution is -0.142. The SMILES string of the molecule is [2H]CC(C)(C)C[C@H](NC(=O)OC(C)(C)C)C(=O)N[C@@H](Cc1ccc(C(F)(F)F)nc1)C(=O)O. The van der Waals surface area contributed by atoms with Crippen LogP contribution in [-0.2, 0) is 26.9 Å². The number of carbonyl (C=O) groups excluding carboxylic acids is 2. The first-order valence-electron chi connectivity index (χ1n) is 10.5. The molecule has 1 heterocycles. The van der Waals surface area contributed by atoms with Crippen LogP contribution in [0.25, 0.3) is 0 Å². The van der Waals surface area contributed by atoms with Gasteiger partial charge in [-0.15, -0.1) is 0 Å². The molecule has 32 heavy (non-hydrogen) atoms.